The highest BCUT2D eigenvalue weighted by Gasteiger charge is 2.42. The number of halogens is 2. The highest BCUT2D eigenvalue weighted by atomic mass is 35.5. The molecule has 182 valence electrons. The Morgan fingerprint density at radius 2 is 1.91 bits per heavy atom. The van der Waals surface area contributed by atoms with Gasteiger partial charge in [-0.25, -0.2) is 8.42 Å². The third-order valence-corrected chi connectivity index (χ3v) is 8.39. The van der Waals surface area contributed by atoms with Crippen LogP contribution in [0, 0.1) is 0 Å². The smallest absolute Gasteiger partial charge is 0.263 e. The molecule has 10 nitrogen and oxygen atoms in total. The first-order valence-corrected chi connectivity index (χ1v) is 12.7. The van der Waals surface area contributed by atoms with E-state index in [-0.39, 0.29) is 34.6 Å². The first-order valence-electron chi connectivity index (χ1n) is 10.5. The molecule has 2 aliphatic rings. The van der Waals surface area contributed by atoms with Crippen LogP contribution in [0.1, 0.15) is 23.2 Å². The van der Waals surface area contributed by atoms with Gasteiger partial charge in [0.25, 0.3) is 15.9 Å². The summed E-state index contributed by atoms with van der Waals surface area (Å²) in [5.41, 5.74) is 0.00332. The van der Waals surface area contributed by atoms with E-state index in [9.17, 15) is 13.2 Å². The van der Waals surface area contributed by atoms with E-state index < -0.39 is 10.0 Å². The molecule has 2 saturated heterocycles. The predicted octanol–water partition coefficient (Wildman–Crippen LogP) is 1.19. The molecule has 0 bridgehead atoms. The van der Waals surface area contributed by atoms with Gasteiger partial charge in [-0.05, 0) is 31.0 Å². The minimum atomic E-state index is -3.82. The van der Waals surface area contributed by atoms with Crippen LogP contribution >= 0.6 is 23.2 Å². The maximum atomic E-state index is 12.8. The van der Waals surface area contributed by atoms with Crippen molar-refractivity contribution >= 4 is 50.4 Å². The second kappa shape index (κ2) is 11.1. The summed E-state index contributed by atoms with van der Waals surface area (Å²) in [5.74, 6) is 4.98. The summed E-state index contributed by atoms with van der Waals surface area (Å²) in [7, 11) is -2.36. The molecule has 0 radical (unpaired) electrons. The zero-order valence-corrected chi connectivity index (χ0v) is 20.7. The fourth-order valence-electron chi connectivity index (χ4n) is 4.18. The van der Waals surface area contributed by atoms with E-state index in [1.165, 1.54) is 17.4 Å². The molecule has 0 saturated carbocycles. The van der Waals surface area contributed by atoms with Gasteiger partial charge in [0.15, 0.2) is 0 Å². The Kier molecular flexibility index (Phi) is 8.70. The number of amides is 1. The largest absolute Gasteiger partial charge is 0.381 e. The number of hydrogen-bond donors (Lipinski definition) is 2. The maximum absolute atomic E-state index is 12.8. The minimum absolute atomic E-state index is 0.272. The number of carbonyl (C=O) groups is 1. The van der Waals surface area contributed by atoms with Crippen molar-refractivity contribution in [2.75, 3.05) is 53.0 Å². The molecule has 2 heterocycles. The van der Waals surface area contributed by atoms with Crippen LogP contribution in [0.4, 0.5) is 0 Å². The summed E-state index contributed by atoms with van der Waals surface area (Å²) < 4.78 is 32.5. The normalized spacial score (nSPS) is 20.8. The number of hydrazone groups is 1. The number of sulfonamides is 1. The van der Waals surface area contributed by atoms with Gasteiger partial charge < -0.3 is 15.9 Å². The van der Waals surface area contributed by atoms with E-state index in [1.54, 1.807) is 12.1 Å². The molecule has 0 unspecified atom stereocenters. The molecule has 1 aromatic carbocycles. The molecule has 0 aliphatic carbocycles. The quantitative estimate of drug-likeness (QED) is 0.252. The average molecular weight is 519 g/mol. The molecule has 2 fully saturated rings. The zero-order valence-electron chi connectivity index (χ0n) is 18.3. The van der Waals surface area contributed by atoms with E-state index in [1.807, 2.05) is 0 Å². The van der Waals surface area contributed by atoms with Crippen LogP contribution in [0.5, 0.6) is 0 Å². The van der Waals surface area contributed by atoms with Gasteiger partial charge in [0.2, 0.25) is 5.04 Å². The highest BCUT2D eigenvalue weighted by molar-refractivity contribution is 8.06. The summed E-state index contributed by atoms with van der Waals surface area (Å²) in [4.78, 5) is 18.7. The Morgan fingerprint density at radius 1 is 1.24 bits per heavy atom. The predicted molar refractivity (Wildman–Crippen MR) is 130 cm³/mol. The number of benzene rings is 1. The van der Waals surface area contributed by atoms with Gasteiger partial charge in [-0.1, -0.05) is 23.2 Å². The summed E-state index contributed by atoms with van der Waals surface area (Å²) in [5, 5.41) is 6.85. The van der Waals surface area contributed by atoms with E-state index in [0.29, 0.717) is 56.3 Å². The number of hydrogen-bond acceptors (Lipinski definition) is 8. The summed E-state index contributed by atoms with van der Waals surface area (Å²) in [6.45, 7) is 3.06. The highest BCUT2D eigenvalue weighted by Crippen LogP contribution is 2.30. The molecule has 3 N–H and O–H groups in total. The Morgan fingerprint density at radius 3 is 2.48 bits per heavy atom. The fraction of sp³-hybridized carbons (Fsp3) is 0.550. The van der Waals surface area contributed by atoms with Crippen molar-refractivity contribution in [3.8, 4) is 0 Å². The number of nitrogens with one attached hydrogen (secondary N) is 1. The minimum Gasteiger partial charge on any atom is -0.381 e. The average Bonchev–Trinajstić information content (AvgIpc) is 2.81. The number of piperazine rings is 1. The van der Waals surface area contributed by atoms with E-state index >= 15 is 0 Å². The topological polar surface area (TPSA) is 130 Å². The molecule has 3 rings (SSSR count). The number of ether oxygens (including phenoxy) is 1. The number of rotatable bonds is 6. The van der Waals surface area contributed by atoms with Gasteiger partial charge >= 0.3 is 0 Å². The molecule has 0 aromatic heterocycles. The van der Waals surface area contributed by atoms with Crippen LogP contribution < -0.4 is 11.2 Å². The molecule has 2 aliphatic heterocycles. The standard InChI is InChI=1S/C20H28Cl2N6O4S/c1-24-13-18(26-23)33(30,31)28-8-6-27(7-9-28)20(4-10-32-11-5-20)14-25-19(29)16-3-2-15(21)12-17(16)22/h2-3,12-13H,4-11,14,23H2,1H3,(H,25,29)/b24-13?,26-18-. The van der Waals surface area contributed by atoms with E-state index in [4.69, 9.17) is 33.8 Å². The second-order valence-electron chi connectivity index (χ2n) is 7.89. The monoisotopic (exact) mass is 518 g/mol. The first-order chi connectivity index (χ1) is 15.7. The lowest BCUT2D eigenvalue weighted by atomic mass is 9.87. The van der Waals surface area contributed by atoms with Gasteiger partial charge in [-0.15, -0.1) is 0 Å². The third-order valence-electron chi connectivity index (χ3n) is 6.06. The van der Waals surface area contributed by atoms with Crippen LogP contribution in [-0.4, -0.2) is 93.3 Å². The molecule has 1 amide bonds. The van der Waals surface area contributed by atoms with Gasteiger partial charge in [0, 0.05) is 63.5 Å². The van der Waals surface area contributed by atoms with Crippen molar-refractivity contribution in [1.29, 1.82) is 0 Å². The molecular formula is C20H28Cl2N6O4S. The van der Waals surface area contributed by atoms with Crippen molar-refractivity contribution in [1.82, 2.24) is 14.5 Å². The number of nitrogens with zero attached hydrogens (tertiary/aromatic N) is 4. The maximum Gasteiger partial charge on any atom is 0.263 e. The molecule has 0 spiro atoms. The SMILES string of the molecule is CN=C/C(=N/N)S(=O)(=O)N1CCN(C2(CNC(=O)c3ccc(Cl)cc3Cl)CCOCC2)CC1. The first kappa shape index (κ1) is 25.9. The van der Waals surface area contributed by atoms with Gasteiger partial charge in [0.1, 0.15) is 0 Å². The van der Waals surface area contributed by atoms with Crippen LogP contribution in [0.2, 0.25) is 10.0 Å². The Hall–Kier alpha value is -1.76. The van der Waals surface area contributed by atoms with Crippen LogP contribution in [0.15, 0.2) is 28.3 Å². The lowest BCUT2D eigenvalue weighted by molar-refractivity contribution is -0.0383. The molecule has 33 heavy (non-hydrogen) atoms. The summed E-state index contributed by atoms with van der Waals surface area (Å²) in [6.07, 6.45) is 2.57. The number of nitrogens with two attached hydrogens (primary N) is 1. The van der Waals surface area contributed by atoms with Crippen LogP contribution in [0.3, 0.4) is 0 Å². The Bertz CT molecular complexity index is 1020. The molecule has 1 aromatic rings. The van der Waals surface area contributed by atoms with Crippen molar-refractivity contribution in [2.24, 2.45) is 15.9 Å². The van der Waals surface area contributed by atoms with Crippen molar-refractivity contribution in [2.45, 2.75) is 18.4 Å². The zero-order chi connectivity index (χ0) is 24.1. The van der Waals surface area contributed by atoms with Gasteiger partial charge in [-0.3, -0.25) is 14.7 Å². The van der Waals surface area contributed by atoms with Crippen LogP contribution in [0.25, 0.3) is 0 Å². The Labute approximate surface area is 203 Å². The fourth-order valence-corrected chi connectivity index (χ4v) is 5.96. The second-order valence-corrected chi connectivity index (χ2v) is 10.6. The number of carbonyl (C=O) groups excluding carboxylic acids is 1. The number of aliphatic imine (C=N–C) groups is 1. The molecule has 0 atom stereocenters. The van der Waals surface area contributed by atoms with Crippen molar-refractivity contribution in [3.63, 3.8) is 0 Å². The summed E-state index contributed by atoms with van der Waals surface area (Å²) >= 11 is 12.1. The third kappa shape index (κ3) is 5.84. The van der Waals surface area contributed by atoms with Crippen molar-refractivity contribution < 1.29 is 17.9 Å². The lowest BCUT2D eigenvalue weighted by Gasteiger charge is -2.49. The van der Waals surface area contributed by atoms with Crippen LogP contribution in [-0.2, 0) is 14.8 Å². The molecular weight excluding hydrogens is 491 g/mol. The Balaban J connectivity index is 1.70. The van der Waals surface area contributed by atoms with E-state index in [0.717, 1.165) is 6.21 Å². The van der Waals surface area contributed by atoms with E-state index in [2.05, 4.69) is 20.3 Å². The summed E-state index contributed by atoms with van der Waals surface area (Å²) in [6, 6.07) is 4.74. The molecule has 13 heteroatoms. The van der Waals surface area contributed by atoms with Gasteiger partial charge in [-0.2, -0.15) is 9.41 Å². The van der Waals surface area contributed by atoms with Crippen molar-refractivity contribution in [3.05, 3.63) is 33.8 Å². The lowest BCUT2D eigenvalue weighted by Crippen LogP contribution is -2.63. The van der Waals surface area contributed by atoms with Gasteiger partial charge in [0.05, 0.1) is 16.8 Å².